The van der Waals surface area contributed by atoms with Gasteiger partial charge >= 0.3 is 6.03 Å². The van der Waals surface area contributed by atoms with Crippen LogP contribution in [0.4, 0.5) is 4.79 Å². The zero-order chi connectivity index (χ0) is 21.6. The minimum absolute atomic E-state index is 0.0218. The van der Waals surface area contributed by atoms with E-state index in [-0.39, 0.29) is 11.9 Å². The zero-order valence-electron chi connectivity index (χ0n) is 18.0. The van der Waals surface area contributed by atoms with E-state index in [9.17, 15) is 9.59 Å². The molecule has 31 heavy (non-hydrogen) atoms. The number of carbonyl (C=O) groups excluding carboxylic acids is 2. The second-order valence-corrected chi connectivity index (χ2v) is 10.3. The number of thiazole rings is 1. The van der Waals surface area contributed by atoms with E-state index in [2.05, 4.69) is 15.7 Å². The van der Waals surface area contributed by atoms with Crippen LogP contribution < -0.4 is 5.32 Å². The number of rotatable bonds is 5. The number of hydrogen-bond acceptors (Lipinski definition) is 5. The third kappa shape index (κ3) is 5.80. The highest BCUT2D eigenvalue weighted by molar-refractivity contribution is 7.98. The van der Waals surface area contributed by atoms with E-state index in [1.165, 1.54) is 19.3 Å². The van der Waals surface area contributed by atoms with Crippen molar-refractivity contribution in [1.29, 1.82) is 0 Å². The molecule has 0 unspecified atom stereocenters. The van der Waals surface area contributed by atoms with Crippen molar-refractivity contribution in [3.8, 4) is 0 Å². The van der Waals surface area contributed by atoms with Crippen molar-refractivity contribution < 1.29 is 9.59 Å². The van der Waals surface area contributed by atoms with Gasteiger partial charge in [0.1, 0.15) is 0 Å². The number of amides is 3. The van der Waals surface area contributed by atoms with Gasteiger partial charge in [-0.2, -0.15) is 0 Å². The summed E-state index contributed by atoms with van der Waals surface area (Å²) >= 11 is 3.30. The fourth-order valence-electron chi connectivity index (χ4n) is 4.19. The first kappa shape index (κ1) is 22.1. The molecule has 8 heteroatoms. The molecule has 3 amide bonds. The number of carbonyl (C=O) groups is 2. The van der Waals surface area contributed by atoms with Gasteiger partial charge < -0.3 is 15.1 Å². The Labute approximate surface area is 192 Å². The quantitative estimate of drug-likeness (QED) is 0.668. The summed E-state index contributed by atoms with van der Waals surface area (Å²) in [5.74, 6) is 0.800. The van der Waals surface area contributed by atoms with E-state index in [1.54, 1.807) is 23.1 Å². The Hall–Kier alpha value is -2.06. The number of urea groups is 1. The molecular weight excluding hydrogens is 428 g/mol. The highest BCUT2D eigenvalue weighted by Gasteiger charge is 2.27. The Balaban J connectivity index is 1.31. The fraction of sp³-hybridized carbons (Fsp3) is 0.522. The third-order valence-corrected chi connectivity index (χ3v) is 7.88. The first-order valence-corrected chi connectivity index (χ1v) is 12.9. The van der Waals surface area contributed by atoms with Crippen LogP contribution in [0, 0.1) is 6.92 Å². The first-order valence-electron chi connectivity index (χ1n) is 11.1. The zero-order valence-corrected chi connectivity index (χ0v) is 19.6. The molecule has 1 aromatic carbocycles. The van der Waals surface area contributed by atoms with Gasteiger partial charge in [0.25, 0.3) is 5.91 Å². The Morgan fingerprint density at radius 1 is 1.10 bits per heavy atom. The molecule has 1 saturated heterocycles. The SMILES string of the molecule is Cc1nc(CSc2ccccc2C(=O)N2CCN(C(=O)NC3CCCCC3)CC2)cs1. The van der Waals surface area contributed by atoms with Crippen LogP contribution in [0.1, 0.15) is 53.2 Å². The minimum atomic E-state index is 0.0218. The summed E-state index contributed by atoms with van der Waals surface area (Å²) in [6.45, 7) is 4.31. The Morgan fingerprint density at radius 3 is 2.52 bits per heavy atom. The predicted molar refractivity (Wildman–Crippen MR) is 126 cm³/mol. The van der Waals surface area contributed by atoms with Gasteiger partial charge in [-0.05, 0) is 31.9 Å². The predicted octanol–water partition coefficient (Wildman–Crippen LogP) is 4.54. The van der Waals surface area contributed by atoms with Gasteiger partial charge in [-0.1, -0.05) is 31.4 Å². The van der Waals surface area contributed by atoms with Crippen LogP contribution in [0.3, 0.4) is 0 Å². The lowest BCUT2D eigenvalue weighted by Gasteiger charge is -2.36. The van der Waals surface area contributed by atoms with Gasteiger partial charge in [-0.25, -0.2) is 9.78 Å². The molecule has 0 atom stereocenters. The van der Waals surface area contributed by atoms with Gasteiger partial charge in [-0.15, -0.1) is 23.1 Å². The van der Waals surface area contributed by atoms with E-state index in [0.29, 0.717) is 32.2 Å². The van der Waals surface area contributed by atoms with Crippen molar-refractivity contribution in [3.05, 3.63) is 45.9 Å². The lowest BCUT2D eigenvalue weighted by Crippen LogP contribution is -2.54. The molecule has 1 aliphatic heterocycles. The standard InChI is InChI=1S/C23H30N4O2S2/c1-17-24-19(15-30-17)16-31-21-10-6-5-9-20(21)22(28)26-11-13-27(14-12-26)23(29)25-18-7-3-2-4-8-18/h5-6,9-10,15,18H,2-4,7-8,11-14,16H2,1H3,(H,25,29). The molecule has 1 saturated carbocycles. The molecular formula is C23H30N4O2S2. The maximum atomic E-state index is 13.2. The summed E-state index contributed by atoms with van der Waals surface area (Å²) in [5.41, 5.74) is 1.78. The third-order valence-electron chi connectivity index (χ3n) is 5.95. The van der Waals surface area contributed by atoms with Crippen molar-refractivity contribution in [2.75, 3.05) is 26.2 Å². The van der Waals surface area contributed by atoms with Crippen molar-refractivity contribution in [1.82, 2.24) is 20.1 Å². The summed E-state index contributed by atoms with van der Waals surface area (Å²) in [5, 5.41) is 6.32. The second-order valence-electron chi connectivity index (χ2n) is 8.21. The van der Waals surface area contributed by atoms with Crippen molar-refractivity contribution >= 4 is 35.0 Å². The van der Waals surface area contributed by atoms with Crippen molar-refractivity contribution in [2.45, 2.75) is 55.7 Å². The molecule has 6 nitrogen and oxygen atoms in total. The van der Waals surface area contributed by atoms with Gasteiger partial charge in [0.05, 0.1) is 16.3 Å². The fourth-order valence-corrected chi connectivity index (χ4v) is 5.85. The van der Waals surface area contributed by atoms with Gasteiger partial charge in [0.2, 0.25) is 0 Å². The molecule has 0 radical (unpaired) electrons. The maximum absolute atomic E-state index is 13.2. The molecule has 2 aliphatic rings. The number of thioether (sulfide) groups is 1. The normalized spacial score (nSPS) is 17.6. The Bertz CT molecular complexity index is 902. The van der Waals surface area contributed by atoms with E-state index in [4.69, 9.17) is 0 Å². The molecule has 166 valence electrons. The number of nitrogens with one attached hydrogen (secondary N) is 1. The lowest BCUT2D eigenvalue weighted by atomic mass is 9.96. The Kier molecular flexibility index (Phi) is 7.50. The van der Waals surface area contributed by atoms with Crippen LogP contribution in [0.5, 0.6) is 0 Å². The summed E-state index contributed by atoms with van der Waals surface area (Å²) in [4.78, 5) is 35.0. The number of nitrogens with zero attached hydrogens (tertiary/aromatic N) is 3. The molecule has 4 rings (SSSR count). The van der Waals surface area contributed by atoms with Gasteiger partial charge in [-0.3, -0.25) is 4.79 Å². The Morgan fingerprint density at radius 2 is 1.81 bits per heavy atom. The van der Waals surface area contributed by atoms with Crippen LogP contribution in [0.2, 0.25) is 0 Å². The van der Waals surface area contributed by atoms with Crippen molar-refractivity contribution in [2.24, 2.45) is 0 Å². The number of aryl methyl sites for hydroxylation is 1. The molecule has 2 aromatic rings. The molecule has 0 spiro atoms. The van der Waals surface area contributed by atoms with Crippen LogP contribution in [0.15, 0.2) is 34.5 Å². The average Bonchev–Trinajstić information content (AvgIpc) is 3.23. The number of hydrogen-bond donors (Lipinski definition) is 1. The molecule has 1 aromatic heterocycles. The molecule has 2 fully saturated rings. The number of benzene rings is 1. The minimum Gasteiger partial charge on any atom is -0.335 e. The summed E-state index contributed by atoms with van der Waals surface area (Å²) in [7, 11) is 0. The largest absolute Gasteiger partial charge is 0.335 e. The molecule has 1 N–H and O–H groups in total. The van der Waals surface area contributed by atoms with E-state index < -0.39 is 0 Å². The maximum Gasteiger partial charge on any atom is 0.317 e. The lowest BCUT2D eigenvalue weighted by molar-refractivity contribution is 0.0659. The molecule has 0 bridgehead atoms. The highest BCUT2D eigenvalue weighted by Crippen LogP contribution is 2.28. The van der Waals surface area contributed by atoms with E-state index >= 15 is 0 Å². The van der Waals surface area contributed by atoms with Gasteiger partial charge in [0.15, 0.2) is 0 Å². The van der Waals surface area contributed by atoms with Crippen LogP contribution in [-0.2, 0) is 5.75 Å². The summed E-state index contributed by atoms with van der Waals surface area (Å²) < 4.78 is 0. The molecule has 1 aliphatic carbocycles. The van der Waals surface area contributed by atoms with Crippen molar-refractivity contribution in [3.63, 3.8) is 0 Å². The van der Waals surface area contributed by atoms with Crippen LogP contribution in [-0.4, -0.2) is 58.9 Å². The second kappa shape index (κ2) is 10.5. The average molecular weight is 459 g/mol. The highest BCUT2D eigenvalue weighted by atomic mass is 32.2. The number of aromatic nitrogens is 1. The number of piperazine rings is 1. The van der Waals surface area contributed by atoms with Crippen LogP contribution in [0.25, 0.3) is 0 Å². The topological polar surface area (TPSA) is 65.5 Å². The smallest absolute Gasteiger partial charge is 0.317 e. The van der Waals surface area contributed by atoms with E-state index in [1.807, 2.05) is 41.0 Å². The van der Waals surface area contributed by atoms with E-state index in [0.717, 1.165) is 39.8 Å². The summed E-state index contributed by atoms with van der Waals surface area (Å²) in [6.07, 6.45) is 5.84. The monoisotopic (exact) mass is 458 g/mol. The first-order chi connectivity index (χ1) is 15.1. The van der Waals surface area contributed by atoms with Crippen LogP contribution >= 0.6 is 23.1 Å². The van der Waals surface area contributed by atoms with Gasteiger partial charge in [0, 0.05) is 48.2 Å². The molecule has 2 heterocycles. The summed E-state index contributed by atoms with van der Waals surface area (Å²) in [6, 6.07) is 8.13.